The first-order valence-corrected chi connectivity index (χ1v) is 11.7. The van der Waals surface area contributed by atoms with Gasteiger partial charge in [0.2, 0.25) is 5.91 Å². The maximum atomic E-state index is 12.6. The highest BCUT2D eigenvalue weighted by atomic mass is 32.2. The van der Waals surface area contributed by atoms with E-state index in [-0.39, 0.29) is 29.1 Å². The van der Waals surface area contributed by atoms with Crippen molar-refractivity contribution in [2.75, 3.05) is 24.8 Å². The van der Waals surface area contributed by atoms with Gasteiger partial charge in [-0.2, -0.15) is 0 Å². The van der Waals surface area contributed by atoms with E-state index in [9.17, 15) is 9.59 Å². The third kappa shape index (κ3) is 5.10. The SMILES string of the molecule is CCOC(=O)c1c(-c2ccco2)csc1NC(=O)CSc1nnc(-c2ccccc2OC)o1. The number of ether oxygens (including phenoxy) is 2. The molecule has 0 bridgehead atoms. The van der Waals surface area contributed by atoms with Crippen molar-refractivity contribution in [3.63, 3.8) is 0 Å². The topological polar surface area (TPSA) is 117 Å². The molecule has 0 saturated carbocycles. The van der Waals surface area contributed by atoms with Crippen LogP contribution in [0, 0.1) is 0 Å². The van der Waals surface area contributed by atoms with Gasteiger partial charge in [0.25, 0.3) is 11.1 Å². The van der Waals surface area contributed by atoms with Gasteiger partial charge in [-0.05, 0) is 31.2 Å². The van der Waals surface area contributed by atoms with E-state index in [1.54, 1.807) is 43.7 Å². The second-order valence-corrected chi connectivity index (χ2v) is 8.27. The van der Waals surface area contributed by atoms with Crippen LogP contribution in [0.4, 0.5) is 5.00 Å². The Balaban J connectivity index is 1.45. The molecular weight excluding hydrogens is 466 g/mol. The van der Waals surface area contributed by atoms with Crippen LogP contribution in [0.2, 0.25) is 0 Å². The molecule has 33 heavy (non-hydrogen) atoms. The smallest absolute Gasteiger partial charge is 0.341 e. The molecule has 0 aliphatic carbocycles. The van der Waals surface area contributed by atoms with Crippen molar-refractivity contribution in [2.45, 2.75) is 12.1 Å². The first-order valence-electron chi connectivity index (χ1n) is 9.82. The lowest BCUT2D eigenvalue weighted by atomic mass is 10.1. The predicted octanol–water partition coefficient (Wildman–Crippen LogP) is 4.97. The number of furan rings is 1. The minimum atomic E-state index is -0.536. The Bertz CT molecular complexity index is 1250. The summed E-state index contributed by atoms with van der Waals surface area (Å²) in [5.74, 6) is 0.540. The van der Waals surface area contributed by atoms with E-state index in [1.165, 1.54) is 17.6 Å². The molecule has 0 fully saturated rings. The molecule has 1 N–H and O–H groups in total. The summed E-state index contributed by atoms with van der Waals surface area (Å²) >= 11 is 2.30. The summed E-state index contributed by atoms with van der Waals surface area (Å²) in [5, 5.41) is 13.1. The number of carbonyl (C=O) groups excluding carboxylic acids is 2. The predicted molar refractivity (Wildman–Crippen MR) is 124 cm³/mol. The number of rotatable bonds is 9. The molecule has 4 aromatic rings. The van der Waals surface area contributed by atoms with E-state index in [4.69, 9.17) is 18.3 Å². The van der Waals surface area contributed by atoms with Gasteiger partial charge in [-0.3, -0.25) is 4.79 Å². The number of amides is 1. The molecule has 0 unspecified atom stereocenters. The average molecular weight is 486 g/mol. The molecule has 0 radical (unpaired) electrons. The molecule has 0 aliphatic heterocycles. The molecule has 1 aromatic carbocycles. The van der Waals surface area contributed by atoms with Crippen molar-refractivity contribution in [2.24, 2.45) is 0 Å². The second-order valence-electron chi connectivity index (χ2n) is 6.46. The van der Waals surface area contributed by atoms with Crippen molar-refractivity contribution in [3.8, 4) is 28.5 Å². The zero-order valence-corrected chi connectivity index (χ0v) is 19.3. The first-order chi connectivity index (χ1) is 16.1. The molecule has 3 heterocycles. The minimum Gasteiger partial charge on any atom is -0.496 e. The van der Waals surface area contributed by atoms with E-state index in [0.29, 0.717) is 33.5 Å². The number of nitrogens with zero attached hydrogens (tertiary/aromatic N) is 2. The van der Waals surface area contributed by atoms with Crippen LogP contribution in [0.1, 0.15) is 17.3 Å². The van der Waals surface area contributed by atoms with Gasteiger partial charge in [-0.25, -0.2) is 4.79 Å². The molecule has 0 atom stereocenters. The van der Waals surface area contributed by atoms with Gasteiger partial charge in [-0.1, -0.05) is 23.9 Å². The number of methoxy groups -OCH3 is 1. The molecule has 9 nitrogen and oxygen atoms in total. The van der Waals surface area contributed by atoms with Crippen LogP contribution in [0.3, 0.4) is 0 Å². The van der Waals surface area contributed by atoms with E-state index >= 15 is 0 Å². The monoisotopic (exact) mass is 485 g/mol. The Kier molecular flexibility index (Phi) is 7.10. The fraction of sp³-hybridized carbons (Fsp3) is 0.182. The van der Waals surface area contributed by atoms with Gasteiger partial charge >= 0.3 is 5.97 Å². The Morgan fingerprint density at radius 2 is 2.00 bits per heavy atom. The minimum absolute atomic E-state index is 0.00378. The van der Waals surface area contributed by atoms with E-state index in [0.717, 1.165) is 11.8 Å². The number of benzene rings is 1. The van der Waals surface area contributed by atoms with Crippen molar-refractivity contribution >= 4 is 40.0 Å². The molecule has 0 spiro atoms. The van der Waals surface area contributed by atoms with Gasteiger partial charge < -0.3 is 23.6 Å². The van der Waals surface area contributed by atoms with E-state index in [1.807, 2.05) is 12.1 Å². The number of nitrogens with one attached hydrogen (secondary N) is 1. The van der Waals surface area contributed by atoms with Gasteiger partial charge in [0.05, 0.1) is 31.3 Å². The van der Waals surface area contributed by atoms with Crippen molar-refractivity contribution in [1.82, 2.24) is 10.2 Å². The van der Waals surface area contributed by atoms with Crippen molar-refractivity contribution in [1.29, 1.82) is 0 Å². The highest BCUT2D eigenvalue weighted by molar-refractivity contribution is 7.99. The summed E-state index contributed by atoms with van der Waals surface area (Å²) in [6.07, 6.45) is 1.51. The Morgan fingerprint density at radius 3 is 2.76 bits per heavy atom. The summed E-state index contributed by atoms with van der Waals surface area (Å²) in [6, 6.07) is 10.7. The largest absolute Gasteiger partial charge is 0.496 e. The maximum Gasteiger partial charge on any atom is 0.341 e. The Hall–Kier alpha value is -3.57. The summed E-state index contributed by atoms with van der Waals surface area (Å²) in [7, 11) is 1.56. The van der Waals surface area contributed by atoms with Crippen LogP contribution in [0.25, 0.3) is 22.8 Å². The van der Waals surface area contributed by atoms with Crippen LogP contribution in [0.5, 0.6) is 5.75 Å². The third-order valence-corrected chi connectivity index (χ3v) is 6.09. The number of hydrogen-bond acceptors (Lipinski definition) is 10. The van der Waals surface area contributed by atoms with Crippen molar-refractivity contribution < 1.29 is 27.9 Å². The molecular formula is C22H19N3O6S2. The molecule has 170 valence electrons. The normalized spacial score (nSPS) is 10.7. The van der Waals surface area contributed by atoms with Gasteiger partial charge in [0, 0.05) is 10.9 Å². The lowest BCUT2D eigenvalue weighted by molar-refractivity contribution is -0.113. The molecule has 0 saturated heterocycles. The number of para-hydroxylation sites is 1. The number of carbonyl (C=O) groups is 2. The average Bonchev–Trinajstić information content (AvgIpc) is 3.58. The van der Waals surface area contributed by atoms with Crippen LogP contribution in [0.15, 0.2) is 62.1 Å². The first kappa shape index (κ1) is 22.6. The summed E-state index contributed by atoms with van der Waals surface area (Å²) in [5.41, 5.74) is 1.48. The van der Waals surface area contributed by atoms with Gasteiger partial charge in [0.15, 0.2) is 0 Å². The zero-order valence-electron chi connectivity index (χ0n) is 17.7. The molecule has 11 heteroatoms. The molecule has 3 aromatic heterocycles. The second kappa shape index (κ2) is 10.4. The summed E-state index contributed by atoms with van der Waals surface area (Å²) in [6.45, 7) is 1.93. The number of esters is 1. The fourth-order valence-electron chi connectivity index (χ4n) is 2.96. The number of thiophene rings is 1. The number of thioether (sulfide) groups is 1. The zero-order chi connectivity index (χ0) is 23.2. The van der Waals surface area contributed by atoms with Crippen LogP contribution >= 0.6 is 23.1 Å². The summed E-state index contributed by atoms with van der Waals surface area (Å²) in [4.78, 5) is 25.1. The lowest BCUT2D eigenvalue weighted by Gasteiger charge is -2.07. The van der Waals surface area contributed by atoms with E-state index in [2.05, 4.69) is 15.5 Å². The molecule has 0 aliphatic rings. The Morgan fingerprint density at radius 1 is 1.15 bits per heavy atom. The third-order valence-electron chi connectivity index (χ3n) is 4.38. The lowest BCUT2D eigenvalue weighted by Crippen LogP contribution is -2.16. The van der Waals surface area contributed by atoms with Gasteiger partial charge in [0.1, 0.15) is 22.1 Å². The van der Waals surface area contributed by atoms with Crippen LogP contribution in [-0.4, -0.2) is 41.5 Å². The number of aromatic nitrogens is 2. The van der Waals surface area contributed by atoms with E-state index < -0.39 is 5.97 Å². The standard InChI is InChI=1S/C22H19N3O6S2/c1-3-29-21(27)18-14(16-9-6-10-30-16)11-32-20(18)23-17(26)12-33-22-25-24-19(31-22)13-7-4-5-8-15(13)28-2/h4-11H,3,12H2,1-2H3,(H,23,26). The number of anilines is 1. The highest BCUT2D eigenvalue weighted by Crippen LogP contribution is 2.37. The summed E-state index contributed by atoms with van der Waals surface area (Å²) < 4.78 is 21.5. The number of hydrogen-bond donors (Lipinski definition) is 1. The van der Waals surface area contributed by atoms with Crippen LogP contribution in [-0.2, 0) is 9.53 Å². The van der Waals surface area contributed by atoms with Crippen molar-refractivity contribution in [3.05, 3.63) is 53.6 Å². The molecule has 1 amide bonds. The molecule has 4 rings (SSSR count). The highest BCUT2D eigenvalue weighted by Gasteiger charge is 2.24. The fourth-order valence-corrected chi connectivity index (χ4v) is 4.47. The Labute approximate surface area is 197 Å². The van der Waals surface area contributed by atoms with Crippen LogP contribution < -0.4 is 10.1 Å². The maximum absolute atomic E-state index is 12.6. The quantitative estimate of drug-likeness (QED) is 0.259. The van der Waals surface area contributed by atoms with Gasteiger partial charge in [-0.15, -0.1) is 21.5 Å².